The molecule has 3 heteroatoms. The molecule has 1 fully saturated rings. The molecular weight excluding hydrogens is 215 g/mol. The van der Waals surface area contributed by atoms with Gasteiger partial charge in [0.05, 0.1) is 0 Å². The highest BCUT2D eigenvalue weighted by Crippen LogP contribution is 2.19. The maximum Gasteiger partial charge on any atom is 0.0450 e. The van der Waals surface area contributed by atoms with Gasteiger partial charge in [-0.2, -0.15) is 0 Å². The van der Waals surface area contributed by atoms with Crippen molar-refractivity contribution in [2.75, 3.05) is 13.1 Å². The summed E-state index contributed by atoms with van der Waals surface area (Å²) in [5.74, 6) is 0.613. The number of nitrogens with zero attached hydrogens (tertiary/aromatic N) is 1. The number of hydrogen-bond acceptors (Lipinski definition) is 2. The molecule has 0 amide bonds. The van der Waals surface area contributed by atoms with Crippen LogP contribution >= 0.6 is 0 Å². The van der Waals surface area contributed by atoms with Crippen LogP contribution in [0.5, 0.6) is 0 Å². The molecule has 3 unspecified atom stereocenters. The standard InChI is InChI=1S/C12H25FN2.C2H6/c1-4-6-11(5-2)15(13)9-12-10(3)7-8-14-12;1-2/h10-12,14H,4-9H2,1-3H3;1-2H3. The fraction of sp³-hybridized carbons (Fsp3) is 1.00. The molecule has 0 saturated carbocycles. The largest absolute Gasteiger partial charge is 0.312 e. The van der Waals surface area contributed by atoms with E-state index in [0.717, 1.165) is 30.9 Å². The molecule has 104 valence electrons. The normalized spacial score (nSPS) is 25.6. The third-order valence-corrected chi connectivity index (χ3v) is 3.55. The molecule has 0 bridgehead atoms. The van der Waals surface area contributed by atoms with Crippen molar-refractivity contribution in [2.24, 2.45) is 5.92 Å². The van der Waals surface area contributed by atoms with Gasteiger partial charge in [0.2, 0.25) is 0 Å². The Balaban J connectivity index is 0.00000121. The number of nitrogens with one attached hydrogen (secondary N) is 1. The van der Waals surface area contributed by atoms with Gasteiger partial charge >= 0.3 is 0 Å². The van der Waals surface area contributed by atoms with Crippen LogP contribution in [0.1, 0.15) is 60.3 Å². The Morgan fingerprint density at radius 3 is 2.41 bits per heavy atom. The number of rotatable bonds is 6. The molecule has 2 nitrogen and oxygen atoms in total. The van der Waals surface area contributed by atoms with Crippen LogP contribution in [0.4, 0.5) is 4.48 Å². The van der Waals surface area contributed by atoms with Crippen molar-refractivity contribution < 1.29 is 4.48 Å². The second kappa shape index (κ2) is 9.84. The molecule has 0 aromatic heterocycles. The Morgan fingerprint density at radius 1 is 1.35 bits per heavy atom. The fourth-order valence-corrected chi connectivity index (χ4v) is 2.36. The predicted molar refractivity (Wildman–Crippen MR) is 73.7 cm³/mol. The van der Waals surface area contributed by atoms with Crippen molar-refractivity contribution in [1.29, 1.82) is 0 Å². The lowest BCUT2D eigenvalue weighted by Crippen LogP contribution is -2.40. The predicted octanol–water partition coefficient (Wildman–Crippen LogP) is 3.78. The Labute approximate surface area is 107 Å². The van der Waals surface area contributed by atoms with Crippen LogP contribution in [-0.4, -0.2) is 30.3 Å². The van der Waals surface area contributed by atoms with E-state index >= 15 is 0 Å². The van der Waals surface area contributed by atoms with Gasteiger partial charge in [-0.15, -0.1) is 9.60 Å². The first kappa shape index (κ1) is 16.9. The van der Waals surface area contributed by atoms with Gasteiger partial charge in [0.1, 0.15) is 0 Å². The minimum absolute atomic E-state index is 0.115. The quantitative estimate of drug-likeness (QED) is 0.718. The lowest BCUT2D eigenvalue weighted by atomic mass is 10.0. The molecular formula is C14H31FN2. The lowest BCUT2D eigenvalue weighted by molar-refractivity contribution is -0.0365. The average molecular weight is 246 g/mol. The van der Waals surface area contributed by atoms with Crippen molar-refractivity contribution in [3.63, 3.8) is 0 Å². The highest BCUT2D eigenvalue weighted by atomic mass is 19.2. The smallest absolute Gasteiger partial charge is 0.0450 e. The number of halogens is 1. The molecule has 3 atom stereocenters. The van der Waals surface area contributed by atoms with E-state index in [-0.39, 0.29) is 6.04 Å². The van der Waals surface area contributed by atoms with Gasteiger partial charge in [0, 0.05) is 18.6 Å². The van der Waals surface area contributed by atoms with E-state index in [0.29, 0.717) is 18.5 Å². The summed E-state index contributed by atoms with van der Waals surface area (Å²) in [4.78, 5) is 0. The van der Waals surface area contributed by atoms with E-state index in [1.807, 2.05) is 13.8 Å². The molecule has 1 aliphatic rings. The van der Waals surface area contributed by atoms with E-state index in [9.17, 15) is 4.48 Å². The van der Waals surface area contributed by atoms with Crippen LogP contribution in [0.2, 0.25) is 0 Å². The van der Waals surface area contributed by atoms with Crippen LogP contribution in [0.3, 0.4) is 0 Å². The summed E-state index contributed by atoms with van der Waals surface area (Å²) in [6.45, 7) is 12.0. The lowest BCUT2D eigenvalue weighted by Gasteiger charge is -2.26. The zero-order valence-electron chi connectivity index (χ0n) is 12.3. The van der Waals surface area contributed by atoms with Crippen molar-refractivity contribution in [2.45, 2.75) is 72.4 Å². The van der Waals surface area contributed by atoms with Crippen molar-refractivity contribution >= 4 is 0 Å². The van der Waals surface area contributed by atoms with E-state index < -0.39 is 0 Å². The first-order valence-electron chi connectivity index (χ1n) is 7.34. The fourth-order valence-electron chi connectivity index (χ4n) is 2.36. The summed E-state index contributed by atoms with van der Waals surface area (Å²) in [6, 6.07) is 0.463. The molecule has 17 heavy (non-hydrogen) atoms. The second-order valence-electron chi connectivity index (χ2n) is 4.76. The van der Waals surface area contributed by atoms with Crippen LogP contribution in [0, 0.1) is 5.92 Å². The first-order valence-corrected chi connectivity index (χ1v) is 7.34. The maximum atomic E-state index is 13.9. The Kier molecular flexibility index (Phi) is 9.75. The topological polar surface area (TPSA) is 15.3 Å². The molecule has 0 spiro atoms. The maximum absolute atomic E-state index is 13.9. The molecule has 1 rings (SSSR count). The van der Waals surface area contributed by atoms with Gasteiger partial charge in [-0.05, 0) is 31.7 Å². The van der Waals surface area contributed by atoms with E-state index in [1.54, 1.807) is 0 Å². The summed E-state index contributed by atoms with van der Waals surface area (Å²) < 4.78 is 13.9. The van der Waals surface area contributed by atoms with Crippen LogP contribution in [-0.2, 0) is 0 Å². The molecule has 0 radical (unpaired) electrons. The van der Waals surface area contributed by atoms with Gasteiger partial charge in [0.15, 0.2) is 0 Å². The minimum atomic E-state index is 0.115. The van der Waals surface area contributed by atoms with E-state index in [1.165, 1.54) is 6.42 Å². The summed E-state index contributed by atoms with van der Waals surface area (Å²) in [5.41, 5.74) is 0. The van der Waals surface area contributed by atoms with Gasteiger partial charge < -0.3 is 5.32 Å². The molecule has 1 saturated heterocycles. The summed E-state index contributed by atoms with van der Waals surface area (Å²) in [6.07, 6.45) is 4.12. The molecule has 1 N–H and O–H groups in total. The van der Waals surface area contributed by atoms with Gasteiger partial charge in [0.25, 0.3) is 0 Å². The Hall–Kier alpha value is -0.150. The highest BCUT2D eigenvalue weighted by Gasteiger charge is 2.27. The highest BCUT2D eigenvalue weighted by molar-refractivity contribution is 4.83. The molecule has 0 aromatic rings. The van der Waals surface area contributed by atoms with Gasteiger partial charge in [-0.25, -0.2) is 0 Å². The van der Waals surface area contributed by atoms with Crippen molar-refractivity contribution in [3.8, 4) is 0 Å². The summed E-state index contributed by atoms with van der Waals surface area (Å²) >= 11 is 0. The molecule has 0 aromatic carbocycles. The minimum Gasteiger partial charge on any atom is -0.312 e. The zero-order valence-corrected chi connectivity index (χ0v) is 12.3. The van der Waals surface area contributed by atoms with Gasteiger partial charge in [-0.3, -0.25) is 0 Å². The van der Waals surface area contributed by atoms with Crippen LogP contribution < -0.4 is 5.32 Å². The Morgan fingerprint density at radius 2 is 2.00 bits per heavy atom. The average Bonchev–Trinajstić information content (AvgIpc) is 2.74. The van der Waals surface area contributed by atoms with Crippen LogP contribution in [0.25, 0.3) is 0 Å². The van der Waals surface area contributed by atoms with Crippen LogP contribution in [0.15, 0.2) is 0 Å². The summed E-state index contributed by atoms with van der Waals surface area (Å²) in [5, 5.41) is 4.44. The van der Waals surface area contributed by atoms with E-state index in [2.05, 4.69) is 26.1 Å². The zero-order chi connectivity index (χ0) is 13.3. The first-order chi connectivity index (χ1) is 8.19. The third-order valence-electron chi connectivity index (χ3n) is 3.55. The van der Waals surface area contributed by atoms with Gasteiger partial charge in [-0.1, -0.05) is 41.0 Å². The monoisotopic (exact) mass is 246 g/mol. The third kappa shape index (κ3) is 5.82. The molecule has 1 heterocycles. The van der Waals surface area contributed by atoms with E-state index in [4.69, 9.17) is 0 Å². The van der Waals surface area contributed by atoms with Crippen molar-refractivity contribution in [3.05, 3.63) is 0 Å². The molecule has 0 aliphatic carbocycles. The molecule has 1 aliphatic heterocycles. The summed E-state index contributed by atoms with van der Waals surface area (Å²) in [7, 11) is 0. The SMILES string of the molecule is CC.CCCC(CC)N(F)CC1NCCC1C. The number of hydrogen-bond donors (Lipinski definition) is 1. The van der Waals surface area contributed by atoms with Crippen molar-refractivity contribution in [1.82, 2.24) is 10.4 Å². The Bertz CT molecular complexity index is 176. The second-order valence-corrected chi connectivity index (χ2v) is 4.76.